The van der Waals surface area contributed by atoms with Crippen LogP contribution in [0.5, 0.6) is 0 Å². The lowest BCUT2D eigenvalue weighted by atomic mass is 9.78. The summed E-state index contributed by atoms with van der Waals surface area (Å²) in [5.41, 5.74) is 2.09. The van der Waals surface area contributed by atoms with E-state index in [0.29, 0.717) is 5.82 Å². The van der Waals surface area contributed by atoms with Crippen LogP contribution in [0.25, 0.3) is 0 Å². The molecule has 2 atom stereocenters. The molecular weight excluding hydrogens is 326 g/mol. The third-order valence-corrected chi connectivity index (χ3v) is 5.13. The van der Waals surface area contributed by atoms with Crippen LogP contribution >= 0.6 is 0 Å². The second-order valence-corrected chi connectivity index (χ2v) is 7.33. The van der Waals surface area contributed by atoms with Crippen molar-refractivity contribution in [3.8, 4) is 0 Å². The van der Waals surface area contributed by atoms with E-state index in [1.807, 2.05) is 63.9 Å². The highest BCUT2D eigenvalue weighted by Gasteiger charge is 2.54. The molecule has 6 heteroatoms. The molecule has 2 aliphatic rings. The first-order valence-corrected chi connectivity index (χ1v) is 8.69. The van der Waals surface area contributed by atoms with Crippen LogP contribution in [-0.4, -0.2) is 34.4 Å². The maximum atomic E-state index is 13.1. The van der Waals surface area contributed by atoms with Crippen molar-refractivity contribution in [3.63, 3.8) is 0 Å². The number of aromatic nitrogens is 2. The molecule has 1 saturated heterocycles. The van der Waals surface area contributed by atoms with Gasteiger partial charge in [-0.1, -0.05) is 19.9 Å². The number of aliphatic imine (C=N–C) groups is 2. The van der Waals surface area contributed by atoms with Gasteiger partial charge in [-0.15, -0.1) is 0 Å². The molecular formula is C20H25N5O. The lowest BCUT2D eigenvalue weighted by molar-refractivity contribution is -0.124. The van der Waals surface area contributed by atoms with Crippen molar-refractivity contribution >= 4 is 24.7 Å². The minimum absolute atomic E-state index is 0.00136. The van der Waals surface area contributed by atoms with Crippen LogP contribution in [0.15, 0.2) is 57.7 Å². The van der Waals surface area contributed by atoms with Crippen molar-refractivity contribution < 1.29 is 4.79 Å². The van der Waals surface area contributed by atoms with E-state index in [4.69, 9.17) is 0 Å². The van der Waals surface area contributed by atoms with Crippen LogP contribution in [0.2, 0.25) is 0 Å². The Kier molecular flexibility index (Phi) is 4.52. The van der Waals surface area contributed by atoms with Crippen LogP contribution < -0.4 is 4.90 Å². The van der Waals surface area contributed by atoms with Gasteiger partial charge in [0, 0.05) is 31.1 Å². The van der Waals surface area contributed by atoms with Gasteiger partial charge in [0.1, 0.15) is 0 Å². The van der Waals surface area contributed by atoms with Gasteiger partial charge in [0.2, 0.25) is 5.91 Å². The lowest BCUT2D eigenvalue weighted by Crippen LogP contribution is -2.36. The van der Waals surface area contributed by atoms with Gasteiger partial charge in [-0.25, -0.2) is 4.98 Å². The Hall–Kier alpha value is -2.76. The highest BCUT2D eigenvalue weighted by Crippen LogP contribution is 2.45. The maximum absolute atomic E-state index is 13.1. The number of hydrogen-bond donors (Lipinski definition) is 0. The van der Waals surface area contributed by atoms with Crippen molar-refractivity contribution in [2.75, 3.05) is 4.90 Å². The summed E-state index contributed by atoms with van der Waals surface area (Å²) in [5.74, 6) is 0.739. The van der Waals surface area contributed by atoms with Gasteiger partial charge in [-0.3, -0.25) is 19.7 Å². The van der Waals surface area contributed by atoms with Gasteiger partial charge in [-0.05, 0) is 38.3 Å². The SMILES string of the molecule is C=N/C(C)=C\C(=C/C)C1=CC2C(C=N1)C(C)(C)C(=O)N2c1cn(C)cn1. The standard InChI is InChI=1S/C20H25N5O/c1-7-14(8-13(2)21-5)16-9-17-15(10-22-16)20(3,4)19(26)25(17)18-11-24(6)12-23-18/h7-12,15,17H,5H2,1-4,6H3/b13-8-,14-7+. The normalized spacial score (nSPS) is 25.3. The Balaban J connectivity index is 2.05. The smallest absolute Gasteiger partial charge is 0.235 e. The monoisotopic (exact) mass is 351 g/mol. The number of allylic oxidation sites excluding steroid dienone is 3. The van der Waals surface area contributed by atoms with Crippen LogP contribution in [0.4, 0.5) is 5.82 Å². The molecule has 2 unspecified atom stereocenters. The number of rotatable bonds is 4. The molecule has 26 heavy (non-hydrogen) atoms. The van der Waals surface area contributed by atoms with Crippen molar-refractivity contribution in [1.29, 1.82) is 0 Å². The lowest BCUT2D eigenvalue weighted by Gasteiger charge is -2.27. The van der Waals surface area contributed by atoms with Crippen LogP contribution in [0.3, 0.4) is 0 Å². The third-order valence-electron chi connectivity index (χ3n) is 5.13. The molecule has 0 spiro atoms. The van der Waals surface area contributed by atoms with E-state index in [2.05, 4.69) is 27.8 Å². The van der Waals surface area contributed by atoms with Gasteiger partial charge in [0.15, 0.2) is 5.82 Å². The van der Waals surface area contributed by atoms with Crippen LogP contribution in [0, 0.1) is 11.3 Å². The Bertz CT molecular complexity index is 869. The van der Waals surface area contributed by atoms with Gasteiger partial charge in [0.25, 0.3) is 0 Å². The average Bonchev–Trinajstić information content (AvgIpc) is 3.12. The number of imidazole rings is 1. The van der Waals surface area contributed by atoms with E-state index >= 15 is 0 Å². The Labute approximate surface area is 154 Å². The molecule has 3 heterocycles. The fourth-order valence-electron chi connectivity index (χ4n) is 3.52. The zero-order valence-electron chi connectivity index (χ0n) is 16.0. The largest absolute Gasteiger partial charge is 0.338 e. The minimum atomic E-state index is -0.530. The van der Waals surface area contributed by atoms with E-state index in [0.717, 1.165) is 17.0 Å². The van der Waals surface area contributed by atoms with Gasteiger partial charge in [0.05, 0.1) is 23.5 Å². The van der Waals surface area contributed by atoms with E-state index < -0.39 is 5.41 Å². The van der Waals surface area contributed by atoms with E-state index in [1.165, 1.54) is 0 Å². The summed E-state index contributed by atoms with van der Waals surface area (Å²) in [6.07, 6.45) is 11.5. The predicted molar refractivity (Wildman–Crippen MR) is 105 cm³/mol. The van der Waals surface area contributed by atoms with Crippen LogP contribution in [-0.2, 0) is 11.8 Å². The molecule has 0 aromatic carbocycles. The molecule has 6 nitrogen and oxygen atoms in total. The highest BCUT2D eigenvalue weighted by atomic mass is 16.2. The molecule has 1 fully saturated rings. The topological polar surface area (TPSA) is 62.9 Å². The first kappa shape index (κ1) is 18.0. The zero-order valence-corrected chi connectivity index (χ0v) is 16.0. The van der Waals surface area contributed by atoms with Gasteiger partial charge >= 0.3 is 0 Å². The number of nitrogens with zero attached hydrogens (tertiary/aromatic N) is 5. The summed E-state index contributed by atoms with van der Waals surface area (Å²) in [6.45, 7) is 11.4. The van der Waals surface area contributed by atoms with Crippen molar-refractivity contribution in [2.45, 2.75) is 33.7 Å². The molecule has 1 amide bonds. The molecule has 0 bridgehead atoms. The second kappa shape index (κ2) is 6.52. The third kappa shape index (κ3) is 2.85. The Morgan fingerprint density at radius 2 is 2.15 bits per heavy atom. The molecule has 0 aliphatic carbocycles. The number of carbonyl (C=O) groups excluding carboxylic acids is 1. The fourth-order valence-corrected chi connectivity index (χ4v) is 3.52. The number of fused-ring (bicyclic) bond motifs is 1. The summed E-state index contributed by atoms with van der Waals surface area (Å²) in [5, 5.41) is 0. The number of amides is 1. The van der Waals surface area contributed by atoms with E-state index in [9.17, 15) is 4.79 Å². The maximum Gasteiger partial charge on any atom is 0.235 e. The minimum Gasteiger partial charge on any atom is -0.338 e. The highest BCUT2D eigenvalue weighted by molar-refractivity contribution is 6.03. The molecule has 136 valence electrons. The summed E-state index contributed by atoms with van der Waals surface area (Å²) < 4.78 is 1.85. The van der Waals surface area contributed by atoms with Gasteiger partial charge in [-0.2, -0.15) is 0 Å². The van der Waals surface area contributed by atoms with Crippen molar-refractivity contribution in [3.05, 3.63) is 47.7 Å². The quantitative estimate of drug-likeness (QED) is 0.617. The summed E-state index contributed by atoms with van der Waals surface area (Å²) in [4.78, 5) is 27.9. The van der Waals surface area contributed by atoms with Gasteiger partial charge < -0.3 is 4.57 Å². The first-order chi connectivity index (χ1) is 12.3. The number of aryl methyl sites for hydroxylation is 1. The van der Waals surface area contributed by atoms with E-state index in [1.54, 1.807) is 11.2 Å². The zero-order chi connectivity index (χ0) is 19.1. The summed E-state index contributed by atoms with van der Waals surface area (Å²) in [6, 6.07) is -0.111. The van der Waals surface area contributed by atoms with Crippen LogP contribution in [0.1, 0.15) is 27.7 Å². The second-order valence-electron chi connectivity index (χ2n) is 7.33. The molecule has 1 aromatic heterocycles. The molecule has 0 saturated carbocycles. The Morgan fingerprint density at radius 1 is 1.42 bits per heavy atom. The van der Waals surface area contributed by atoms with Crippen molar-refractivity contribution in [2.24, 2.45) is 28.4 Å². The Morgan fingerprint density at radius 3 is 2.73 bits per heavy atom. The first-order valence-electron chi connectivity index (χ1n) is 8.69. The van der Waals surface area contributed by atoms with E-state index in [-0.39, 0.29) is 17.9 Å². The predicted octanol–water partition coefficient (Wildman–Crippen LogP) is 3.30. The molecule has 2 aliphatic heterocycles. The molecule has 0 N–H and O–H groups in total. The van der Waals surface area contributed by atoms with Crippen molar-refractivity contribution in [1.82, 2.24) is 9.55 Å². The number of carbonyl (C=O) groups is 1. The molecule has 3 rings (SSSR count). The summed E-state index contributed by atoms with van der Waals surface area (Å²) in [7, 11) is 1.90. The fraction of sp³-hybridized carbons (Fsp3) is 0.400. The summed E-state index contributed by atoms with van der Waals surface area (Å²) >= 11 is 0. The average molecular weight is 351 g/mol. The number of hydrogen-bond acceptors (Lipinski definition) is 4. The molecule has 0 radical (unpaired) electrons. The number of anilines is 1. The molecule has 1 aromatic rings.